The van der Waals surface area contributed by atoms with Crippen LogP contribution in [0.15, 0.2) is 89.8 Å². The molecule has 0 bridgehead atoms. The number of benzene rings is 4. The van der Waals surface area contributed by atoms with Crippen molar-refractivity contribution in [3.8, 4) is 0 Å². The summed E-state index contributed by atoms with van der Waals surface area (Å²) in [5.74, 6) is -0.0771. The van der Waals surface area contributed by atoms with Gasteiger partial charge in [-0.1, -0.05) is 66.7 Å². The Hall–Kier alpha value is -3.57. The number of hydrogen-bond acceptors (Lipinski definition) is 3. The van der Waals surface area contributed by atoms with Gasteiger partial charge in [0.25, 0.3) is 5.91 Å². The van der Waals surface area contributed by atoms with Gasteiger partial charge in [-0.3, -0.25) is 9.59 Å². The Balaban J connectivity index is 1.26. The zero-order chi connectivity index (χ0) is 23.5. The van der Waals surface area contributed by atoms with E-state index in [9.17, 15) is 9.59 Å². The van der Waals surface area contributed by atoms with Crippen molar-refractivity contribution in [1.29, 1.82) is 0 Å². The van der Waals surface area contributed by atoms with Crippen LogP contribution in [0.5, 0.6) is 0 Å². The summed E-state index contributed by atoms with van der Waals surface area (Å²) in [5.41, 5.74) is 4.78. The van der Waals surface area contributed by atoms with Crippen molar-refractivity contribution in [3.05, 3.63) is 107 Å². The molecule has 1 aliphatic carbocycles. The number of carbonyl (C=O) groups excluding carboxylic acids is 2. The van der Waals surface area contributed by atoms with Crippen LogP contribution in [0.3, 0.4) is 0 Å². The van der Waals surface area contributed by atoms with Crippen molar-refractivity contribution in [2.24, 2.45) is 0 Å². The van der Waals surface area contributed by atoms with Gasteiger partial charge in [-0.25, -0.2) is 0 Å². The molecule has 0 heterocycles. The third-order valence-corrected chi connectivity index (χ3v) is 7.36. The third-order valence-electron chi connectivity index (χ3n) is 6.29. The van der Waals surface area contributed by atoms with Crippen molar-refractivity contribution in [3.63, 3.8) is 0 Å². The molecule has 0 saturated carbocycles. The van der Waals surface area contributed by atoms with Crippen LogP contribution in [0.2, 0.25) is 0 Å². The minimum absolute atomic E-state index is 0.135. The van der Waals surface area contributed by atoms with E-state index in [1.54, 1.807) is 18.2 Å². The number of nitrogens with one attached hydrogen (secondary N) is 2. The highest BCUT2D eigenvalue weighted by Gasteiger charge is 2.18. The molecule has 2 amide bonds. The van der Waals surface area contributed by atoms with Crippen LogP contribution >= 0.6 is 11.8 Å². The predicted molar refractivity (Wildman–Crippen MR) is 139 cm³/mol. The smallest absolute Gasteiger partial charge is 0.253 e. The maximum absolute atomic E-state index is 13.0. The first-order valence-electron chi connectivity index (χ1n) is 11.5. The van der Waals surface area contributed by atoms with Crippen molar-refractivity contribution in [2.75, 3.05) is 11.1 Å². The fourth-order valence-electron chi connectivity index (χ4n) is 4.57. The van der Waals surface area contributed by atoms with E-state index in [1.807, 2.05) is 43.3 Å². The molecule has 0 aromatic heterocycles. The van der Waals surface area contributed by atoms with Crippen LogP contribution < -0.4 is 10.6 Å². The second kappa shape index (κ2) is 9.74. The number of hydrogen-bond donors (Lipinski definition) is 2. The zero-order valence-corrected chi connectivity index (χ0v) is 19.8. The fourth-order valence-corrected chi connectivity index (χ4v) is 5.41. The molecule has 4 nitrogen and oxygen atoms in total. The molecular formula is C29H26N2O2S. The summed E-state index contributed by atoms with van der Waals surface area (Å²) in [6, 6.07) is 27.5. The quantitative estimate of drug-likeness (QED) is 0.321. The first-order valence-corrected chi connectivity index (χ1v) is 12.5. The van der Waals surface area contributed by atoms with Crippen molar-refractivity contribution < 1.29 is 9.59 Å². The summed E-state index contributed by atoms with van der Waals surface area (Å²) in [6.45, 7) is 1.95. The van der Waals surface area contributed by atoms with Gasteiger partial charge in [0.15, 0.2) is 0 Å². The minimum Gasteiger partial charge on any atom is -0.345 e. The Labute approximate surface area is 203 Å². The van der Waals surface area contributed by atoms with Gasteiger partial charge in [0, 0.05) is 4.90 Å². The molecule has 1 atom stereocenters. The Bertz CT molecular complexity index is 1360. The third kappa shape index (κ3) is 4.57. The second-order valence-corrected chi connectivity index (χ2v) is 9.57. The zero-order valence-electron chi connectivity index (χ0n) is 19.0. The summed E-state index contributed by atoms with van der Waals surface area (Å²) in [7, 11) is 0. The van der Waals surface area contributed by atoms with Crippen LogP contribution in [0.25, 0.3) is 10.8 Å². The molecule has 0 aliphatic heterocycles. The molecule has 34 heavy (non-hydrogen) atoms. The lowest BCUT2D eigenvalue weighted by Gasteiger charge is -2.16. The fraction of sp³-hybridized carbons (Fsp3) is 0.172. The van der Waals surface area contributed by atoms with Gasteiger partial charge in [0.1, 0.15) is 0 Å². The second-order valence-electron chi connectivity index (χ2n) is 8.55. The molecule has 5 rings (SSSR count). The minimum atomic E-state index is -0.215. The Morgan fingerprint density at radius 1 is 0.853 bits per heavy atom. The van der Waals surface area contributed by atoms with E-state index in [4.69, 9.17) is 0 Å². The molecule has 0 fully saturated rings. The highest BCUT2D eigenvalue weighted by molar-refractivity contribution is 8.00. The highest BCUT2D eigenvalue weighted by Crippen LogP contribution is 2.36. The molecule has 1 aliphatic rings. The van der Waals surface area contributed by atoms with Crippen LogP contribution in [0.1, 0.15) is 40.0 Å². The van der Waals surface area contributed by atoms with E-state index >= 15 is 0 Å². The first-order chi connectivity index (χ1) is 16.6. The van der Waals surface area contributed by atoms with Crippen molar-refractivity contribution in [1.82, 2.24) is 5.32 Å². The van der Waals surface area contributed by atoms with E-state index in [-0.39, 0.29) is 23.6 Å². The maximum atomic E-state index is 13.0. The lowest BCUT2D eigenvalue weighted by Crippen LogP contribution is -2.28. The van der Waals surface area contributed by atoms with Gasteiger partial charge in [-0.2, -0.15) is 0 Å². The number of amides is 2. The standard InChI is InChI=1S/C29H26N2O2S/c1-19(20-8-3-2-4-9-20)30-29(33)23-11-5-6-13-25(23)31-27(32)18-34-26-17-16-22-15-14-21-10-7-12-24(26)28(21)22/h2-13,16-17,19H,14-15,18H2,1H3,(H,30,33)(H,31,32). The van der Waals surface area contributed by atoms with Gasteiger partial charge >= 0.3 is 0 Å². The van der Waals surface area contributed by atoms with Crippen molar-refractivity contribution >= 4 is 40.0 Å². The van der Waals surface area contributed by atoms with Crippen LogP contribution in [0, 0.1) is 0 Å². The molecule has 4 aromatic rings. The number of anilines is 1. The predicted octanol–water partition coefficient (Wildman–Crippen LogP) is 6.16. The summed E-state index contributed by atoms with van der Waals surface area (Å²) in [5, 5.41) is 8.53. The van der Waals surface area contributed by atoms with Crippen LogP contribution in [0.4, 0.5) is 5.69 Å². The Morgan fingerprint density at radius 3 is 2.41 bits per heavy atom. The van der Waals surface area contributed by atoms with E-state index in [0.717, 1.165) is 23.3 Å². The van der Waals surface area contributed by atoms with Crippen LogP contribution in [-0.4, -0.2) is 17.6 Å². The molecule has 4 aromatic carbocycles. The first kappa shape index (κ1) is 22.2. The molecule has 2 N–H and O–H groups in total. The summed E-state index contributed by atoms with van der Waals surface area (Å²) in [4.78, 5) is 26.9. The van der Waals surface area contributed by atoms with Gasteiger partial charge in [-0.05, 0) is 65.4 Å². The van der Waals surface area contributed by atoms with Gasteiger partial charge in [0.05, 0.1) is 23.0 Å². The average Bonchev–Trinajstić information content (AvgIpc) is 3.29. The van der Waals surface area contributed by atoms with Gasteiger partial charge in [0.2, 0.25) is 5.91 Å². The lowest BCUT2D eigenvalue weighted by atomic mass is 10.1. The molecule has 0 spiro atoms. The molecule has 1 unspecified atom stereocenters. The monoisotopic (exact) mass is 466 g/mol. The Morgan fingerprint density at radius 2 is 1.59 bits per heavy atom. The van der Waals surface area contributed by atoms with Gasteiger partial charge < -0.3 is 10.6 Å². The largest absolute Gasteiger partial charge is 0.345 e. The number of aryl methyl sites for hydroxylation is 2. The van der Waals surface area contributed by atoms with E-state index in [2.05, 4.69) is 41.0 Å². The molecule has 170 valence electrons. The van der Waals surface area contributed by atoms with Gasteiger partial charge in [-0.15, -0.1) is 11.8 Å². The number of para-hydroxylation sites is 1. The van der Waals surface area contributed by atoms with E-state index < -0.39 is 0 Å². The average molecular weight is 467 g/mol. The maximum Gasteiger partial charge on any atom is 0.253 e. The molecule has 0 radical (unpaired) electrons. The molecule has 5 heteroatoms. The highest BCUT2D eigenvalue weighted by atomic mass is 32.2. The van der Waals surface area contributed by atoms with Crippen LogP contribution in [-0.2, 0) is 17.6 Å². The normalized spacial score (nSPS) is 13.0. The lowest BCUT2D eigenvalue weighted by molar-refractivity contribution is -0.113. The number of rotatable bonds is 7. The van der Waals surface area contributed by atoms with E-state index in [0.29, 0.717) is 11.3 Å². The summed E-state index contributed by atoms with van der Waals surface area (Å²) < 4.78 is 0. The van der Waals surface area contributed by atoms with Crippen molar-refractivity contribution in [2.45, 2.75) is 30.7 Å². The van der Waals surface area contributed by atoms with E-state index in [1.165, 1.54) is 33.7 Å². The molecular weight excluding hydrogens is 440 g/mol. The Kier molecular flexibility index (Phi) is 6.37. The number of thioether (sulfide) groups is 1. The summed E-state index contributed by atoms with van der Waals surface area (Å²) >= 11 is 1.53. The molecule has 0 saturated heterocycles. The number of carbonyl (C=O) groups is 2. The topological polar surface area (TPSA) is 58.2 Å². The summed E-state index contributed by atoms with van der Waals surface area (Å²) in [6.07, 6.45) is 2.17. The SMILES string of the molecule is CC(NC(=O)c1ccccc1NC(=O)CSc1ccc2c3c(cccc13)CC2)c1ccccc1.